The second-order valence-electron chi connectivity index (χ2n) is 9.62. The number of ketones is 1. The monoisotopic (exact) mass is 474 g/mol. The number of ether oxygens (including phenoxy) is 4. The van der Waals surface area contributed by atoms with Gasteiger partial charge in [-0.25, -0.2) is 0 Å². The van der Waals surface area contributed by atoms with E-state index >= 15 is 0 Å². The zero-order valence-electron chi connectivity index (χ0n) is 20.1. The summed E-state index contributed by atoms with van der Waals surface area (Å²) in [6, 6.07) is 23.6. The zero-order valence-corrected chi connectivity index (χ0v) is 20.1. The lowest BCUT2D eigenvalue weighted by molar-refractivity contribution is -0.208. The number of benzene rings is 3. The Kier molecular flexibility index (Phi) is 6.47. The summed E-state index contributed by atoms with van der Waals surface area (Å²) in [6.45, 7) is 6.06. The molecule has 1 N–H and O–H groups in total. The minimum Gasteiger partial charge on any atom is -0.489 e. The molecule has 5 rings (SSSR count). The van der Waals surface area contributed by atoms with Crippen LogP contribution < -0.4 is 4.74 Å². The predicted octanol–water partition coefficient (Wildman–Crippen LogP) is 4.58. The maximum Gasteiger partial charge on any atom is 0.194 e. The van der Waals surface area contributed by atoms with Crippen LogP contribution in [-0.2, 0) is 27.2 Å². The van der Waals surface area contributed by atoms with Crippen LogP contribution in [0.4, 0.5) is 0 Å². The molecule has 3 aromatic rings. The second-order valence-corrected chi connectivity index (χ2v) is 9.62. The smallest absolute Gasteiger partial charge is 0.194 e. The summed E-state index contributed by atoms with van der Waals surface area (Å²) in [5.41, 5.74) is 4.85. The molecule has 6 nitrogen and oxygen atoms in total. The molecule has 182 valence electrons. The van der Waals surface area contributed by atoms with Gasteiger partial charge in [0, 0.05) is 5.56 Å². The largest absolute Gasteiger partial charge is 0.489 e. The Morgan fingerprint density at radius 1 is 0.971 bits per heavy atom. The SMILES string of the molecule is Cc1ccc(C(=O)[C@@H]2O[C@H]3OC(C)(C)O[C@H]3[C@@H]2O)cc1Cc1ccc(OCc2ccccc2)cc1. The summed E-state index contributed by atoms with van der Waals surface area (Å²) in [5.74, 6) is -0.310. The average Bonchev–Trinajstić information content (AvgIpc) is 3.32. The summed E-state index contributed by atoms with van der Waals surface area (Å²) in [7, 11) is 0. The normalized spacial score (nSPS) is 24.8. The molecule has 2 aliphatic rings. The van der Waals surface area contributed by atoms with Gasteiger partial charge < -0.3 is 24.1 Å². The zero-order chi connectivity index (χ0) is 24.6. The minimum atomic E-state index is -1.08. The van der Waals surface area contributed by atoms with Crippen LogP contribution >= 0.6 is 0 Å². The summed E-state index contributed by atoms with van der Waals surface area (Å²) in [5, 5.41) is 10.7. The molecular formula is C29H30O6. The number of carbonyl (C=O) groups excluding carboxylic acids is 1. The molecule has 2 aliphatic heterocycles. The van der Waals surface area contributed by atoms with Crippen molar-refractivity contribution in [3.63, 3.8) is 0 Å². The molecule has 0 aliphatic carbocycles. The highest BCUT2D eigenvalue weighted by Crippen LogP contribution is 2.38. The Labute approximate surface area is 205 Å². The number of carbonyl (C=O) groups is 1. The lowest BCUT2D eigenvalue weighted by atomic mass is 9.94. The van der Waals surface area contributed by atoms with Gasteiger partial charge in [-0.1, -0.05) is 54.6 Å². The summed E-state index contributed by atoms with van der Waals surface area (Å²) >= 11 is 0. The summed E-state index contributed by atoms with van der Waals surface area (Å²) in [6.07, 6.45) is -2.85. The fraction of sp³-hybridized carbons (Fsp3) is 0.345. The first-order valence-electron chi connectivity index (χ1n) is 11.9. The van der Waals surface area contributed by atoms with Gasteiger partial charge in [0.15, 0.2) is 24.0 Å². The van der Waals surface area contributed by atoms with E-state index in [0.29, 0.717) is 18.6 Å². The van der Waals surface area contributed by atoms with E-state index in [9.17, 15) is 9.90 Å². The van der Waals surface area contributed by atoms with Crippen LogP contribution in [0.3, 0.4) is 0 Å². The van der Waals surface area contributed by atoms with E-state index in [2.05, 4.69) is 0 Å². The predicted molar refractivity (Wildman–Crippen MR) is 130 cm³/mol. The van der Waals surface area contributed by atoms with Crippen molar-refractivity contribution < 1.29 is 28.8 Å². The first-order valence-corrected chi connectivity index (χ1v) is 11.9. The lowest BCUT2D eigenvalue weighted by Gasteiger charge is -2.22. The van der Waals surface area contributed by atoms with E-state index in [1.807, 2.05) is 73.7 Å². The third-order valence-electron chi connectivity index (χ3n) is 6.47. The number of hydrogen-bond donors (Lipinski definition) is 1. The molecule has 0 radical (unpaired) electrons. The highest BCUT2D eigenvalue weighted by Gasteiger charge is 2.56. The van der Waals surface area contributed by atoms with Gasteiger partial charge in [-0.3, -0.25) is 4.79 Å². The van der Waals surface area contributed by atoms with E-state index < -0.39 is 30.4 Å². The Morgan fingerprint density at radius 2 is 1.71 bits per heavy atom. The number of aliphatic hydroxyl groups excluding tert-OH is 1. The number of fused-ring (bicyclic) bond motifs is 1. The molecule has 0 amide bonds. The molecule has 0 bridgehead atoms. The van der Waals surface area contributed by atoms with Gasteiger partial charge >= 0.3 is 0 Å². The number of Topliss-reactive ketones (excluding diaryl/α,β-unsaturated/α-hetero) is 1. The van der Waals surface area contributed by atoms with Crippen LogP contribution in [0, 0.1) is 6.92 Å². The van der Waals surface area contributed by atoms with E-state index in [4.69, 9.17) is 18.9 Å². The van der Waals surface area contributed by atoms with Gasteiger partial charge in [-0.15, -0.1) is 0 Å². The molecule has 35 heavy (non-hydrogen) atoms. The van der Waals surface area contributed by atoms with E-state index in [1.165, 1.54) is 0 Å². The Bertz CT molecular complexity index is 1190. The highest BCUT2D eigenvalue weighted by molar-refractivity contribution is 6.00. The van der Waals surface area contributed by atoms with E-state index in [1.54, 1.807) is 19.9 Å². The molecule has 4 atom stereocenters. The topological polar surface area (TPSA) is 74.2 Å². The highest BCUT2D eigenvalue weighted by atomic mass is 16.8. The second kappa shape index (κ2) is 9.55. The quantitative estimate of drug-likeness (QED) is 0.505. The van der Waals surface area contributed by atoms with Crippen molar-refractivity contribution in [1.82, 2.24) is 0 Å². The lowest BCUT2D eigenvalue weighted by Crippen LogP contribution is -2.38. The molecule has 2 fully saturated rings. The molecule has 0 aromatic heterocycles. The van der Waals surface area contributed by atoms with Crippen molar-refractivity contribution in [2.45, 2.75) is 64.2 Å². The molecule has 2 heterocycles. The first-order chi connectivity index (χ1) is 16.8. The standard InChI is InChI=1S/C29H30O6/c1-18-9-12-21(24(30)26-25(31)27-28(33-26)35-29(2,3)34-27)16-22(18)15-19-10-13-23(14-11-19)32-17-20-7-5-4-6-8-20/h4-14,16,25-28,31H,15,17H2,1-3H3/t25-,26+,27+,28+/m1/s1. The van der Waals surface area contributed by atoms with Crippen LogP contribution in [0.1, 0.15) is 46.5 Å². The number of aryl methyl sites for hydroxylation is 1. The van der Waals surface area contributed by atoms with Crippen molar-refractivity contribution >= 4 is 5.78 Å². The van der Waals surface area contributed by atoms with Gasteiger partial charge in [0.1, 0.15) is 24.6 Å². The average molecular weight is 475 g/mol. The Balaban J connectivity index is 1.25. The van der Waals surface area contributed by atoms with Crippen molar-refractivity contribution in [2.75, 3.05) is 0 Å². The first kappa shape index (κ1) is 23.7. The van der Waals surface area contributed by atoms with Gasteiger partial charge in [0.2, 0.25) is 0 Å². The van der Waals surface area contributed by atoms with E-state index in [-0.39, 0.29) is 5.78 Å². The Morgan fingerprint density at radius 3 is 2.43 bits per heavy atom. The summed E-state index contributed by atoms with van der Waals surface area (Å²) in [4.78, 5) is 13.2. The minimum absolute atomic E-state index is 0.275. The maximum atomic E-state index is 13.2. The van der Waals surface area contributed by atoms with Crippen molar-refractivity contribution in [2.24, 2.45) is 0 Å². The van der Waals surface area contributed by atoms with Crippen molar-refractivity contribution in [3.8, 4) is 5.75 Å². The Hall–Kier alpha value is -3.03. The van der Waals surface area contributed by atoms with Crippen molar-refractivity contribution in [3.05, 3.63) is 101 Å². The molecule has 3 aromatic carbocycles. The molecule has 0 unspecified atom stereocenters. The van der Waals surface area contributed by atoms with Crippen LogP contribution in [0.5, 0.6) is 5.75 Å². The fourth-order valence-corrected chi connectivity index (χ4v) is 4.55. The summed E-state index contributed by atoms with van der Waals surface area (Å²) < 4.78 is 23.0. The van der Waals surface area contributed by atoms with Crippen molar-refractivity contribution in [1.29, 1.82) is 0 Å². The third-order valence-corrected chi connectivity index (χ3v) is 6.47. The van der Waals surface area contributed by atoms with Gasteiger partial charge in [0.05, 0.1) is 0 Å². The van der Waals surface area contributed by atoms with Gasteiger partial charge in [-0.05, 0) is 67.6 Å². The maximum absolute atomic E-state index is 13.2. The third kappa shape index (κ3) is 5.16. The van der Waals surface area contributed by atoms with Crippen LogP contribution in [0.25, 0.3) is 0 Å². The van der Waals surface area contributed by atoms with Crippen LogP contribution in [0.2, 0.25) is 0 Å². The molecule has 0 spiro atoms. The van der Waals surface area contributed by atoms with Crippen LogP contribution in [-0.4, -0.2) is 41.3 Å². The molecule has 0 saturated carbocycles. The van der Waals surface area contributed by atoms with Gasteiger partial charge in [-0.2, -0.15) is 0 Å². The number of hydrogen-bond acceptors (Lipinski definition) is 6. The van der Waals surface area contributed by atoms with E-state index in [0.717, 1.165) is 28.0 Å². The number of rotatable bonds is 7. The number of aliphatic hydroxyl groups is 1. The fourth-order valence-electron chi connectivity index (χ4n) is 4.55. The molecule has 6 heteroatoms. The van der Waals surface area contributed by atoms with Gasteiger partial charge in [0.25, 0.3) is 0 Å². The molecular weight excluding hydrogens is 444 g/mol. The molecule has 2 saturated heterocycles. The van der Waals surface area contributed by atoms with Crippen LogP contribution in [0.15, 0.2) is 72.8 Å².